The fourth-order valence-corrected chi connectivity index (χ4v) is 6.18. The van der Waals surface area contributed by atoms with Crippen LogP contribution in [0.3, 0.4) is 0 Å². The number of hydrogen-bond donors (Lipinski definition) is 2. The van der Waals surface area contributed by atoms with Crippen molar-refractivity contribution < 1.29 is 18.0 Å². The number of rotatable bonds is 5. The van der Waals surface area contributed by atoms with Gasteiger partial charge in [-0.2, -0.15) is 4.31 Å². The number of aryl methyl sites for hydroxylation is 1. The molecule has 10 heteroatoms. The van der Waals surface area contributed by atoms with Gasteiger partial charge in [-0.1, -0.05) is 0 Å². The predicted octanol–water partition coefficient (Wildman–Crippen LogP) is 2.20. The van der Waals surface area contributed by atoms with E-state index in [-0.39, 0.29) is 22.8 Å². The number of thiophene rings is 1. The van der Waals surface area contributed by atoms with E-state index in [9.17, 15) is 18.0 Å². The first kappa shape index (κ1) is 21.1. The first-order valence-electron chi connectivity index (χ1n) is 10.2. The average molecular weight is 451 g/mol. The van der Waals surface area contributed by atoms with Crippen molar-refractivity contribution in [1.82, 2.24) is 19.5 Å². The van der Waals surface area contributed by atoms with Gasteiger partial charge in [-0.05, 0) is 50.8 Å². The van der Waals surface area contributed by atoms with Gasteiger partial charge in [0.2, 0.25) is 10.0 Å². The standard InChI is InChI=1S/C20H26N4O4S2/c1-14-4-5-18(29-14)19(25)22-15-6-10-24(11-7-15)30(27,28)16-12-17(21-13-16)20(26)23-8-2-3-9-23/h4-5,12-13,15,21H,2-3,6-11H2,1H3,(H,22,25). The lowest BCUT2D eigenvalue weighted by molar-refractivity contribution is 0.0787. The largest absolute Gasteiger partial charge is 0.356 e. The minimum atomic E-state index is -3.68. The highest BCUT2D eigenvalue weighted by Crippen LogP contribution is 2.23. The second-order valence-electron chi connectivity index (χ2n) is 7.81. The topological polar surface area (TPSA) is 103 Å². The molecule has 2 N–H and O–H groups in total. The number of sulfonamides is 1. The third-order valence-electron chi connectivity index (χ3n) is 5.67. The smallest absolute Gasteiger partial charge is 0.270 e. The number of piperidine rings is 1. The molecule has 2 aliphatic rings. The summed E-state index contributed by atoms with van der Waals surface area (Å²) in [7, 11) is -3.68. The summed E-state index contributed by atoms with van der Waals surface area (Å²) in [6, 6.07) is 5.10. The van der Waals surface area contributed by atoms with Crippen molar-refractivity contribution in [2.45, 2.75) is 43.5 Å². The van der Waals surface area contributed by atoms with Crippen LogP contribution in [0, 0.1) is 6.92 Å². The Balaban J connectivity index is 1.35. The van der Waals surface area contributed by atoms with Crippen LogP contribution in [0.15, 0.2) is 29.3 Å². The molecule has 0 spiro atoms. The second-order valence-corrected chi connectivity index (χ2v) is 11.0. The summed E-state index contributed by atoms with van der Waals surface area (Å²) < 4.78 is 27.4. The molecule has 2 fully saturated rings. The van der Waals surface area contributed by atoms with Crippen molar-refractivity contribution in [2.24, 2.45) is 0 Å². The van der Waals surface area contributed by atoms with Crippen LogP contribution in [0.2, 0.25) is 0 Å². The molecule has 30 heavy (non-hydrogen) atoms. The van der Waals surface area contributed by atoms with Crippen LogP contribution in [-0.2, 0) is 10.0 Å². The van der Waals surface area contributed by atoms with Gasteiger partial charge in [-0.15, -0.1) is 11.3 Å². The summed E-state index contributed by atoms with van der Waals surface area (Å²) in [4.78, 5) is 31.2. The Morgan fingerprint density at radius 1 is 1.13 bits per heavy atom. The average Bonchev–Trinajstić information content (AvgIpc) is 3.49. The molecule has 2 saturated heterocycles. The summed E-state index contributed by atoms with van der Waals surface area (Å²) in [5.74, 6) is -0.260. The number of likely N-dealkylation sites (tertiary alicyclic amines) is 1. The number of aromatic nitrogens is 1. The molecule has 0 bridgehead atoms. The number of aromatic amines is 1. The summed E-state index contributed by atoms with van der Waals surface area (Å²) in [5.41, 5.74) is 0.309. The number of nitrogens with zero attached hydrogens (tertiary/aromatic N) is 2. The normalized spacial score (nSPS) is 18.6. The molecule has 8 nitrogen and oxygen atoms in total. The highest BCUT2D eigenvalue weighted by Gasteiger charge is 2.32. The second kappa shape index (κ2) is 8.52. The zero-order chi connectivity index (χ0) is 21.3. The van der Waals surface area contributed by atoms with E-state index in [1.165, 1.54) is 27.9 Å². The van der Waals surface area contributed by atoms with Gasteiger partial charge in [0.1, 0.15) is 10.6 Å². The lowest BCUT2D eigenvalue weighted by Gasteiger charge is -2.31. The number of carbonyl (C=O) groups excluding carboxylic acids is 2. The van der Waals surface area contributed by atoms with Crippen molar-refractivity contribution in [3.63, 3.8) is 0 Å². The molecular formula is C20H26N4O4S2. The fourth-order valence-electron chi connectivity index (χ4n) is 3.94. The van der Waals surface area contributed by atoms with Gasteiger partial charge in [0, 0.05) is 43.3 Å². The van der Waals surface area contributed by atoms with Crippen molar-refractivity contribution in [2.75, 3.05) is 26.2 Å². The molecule has 2 aromatic rings. The van der Waals surface area contributed by atoms with Gasteiger partial charge in [0.25, 0.3) is 11.8 Å². The Morgan fingerprint density at radius 3 is 2.47 bits per heavy atom. The number of nitrogens with one attached hydrogen (secondary N) is 2. The molecule has 2 aliphatic heterocycles. The van der Waals surface area contributed by atoms with E-state index in [0.717, 1.165) is 17.7 Å². The molecule has 0 radical (unpaired) electrons. The quantitative estimate of drug-likeness (QED) is 0.729. The van der Waals surface area contributed by atoms with Gasteiger partial charge < -0.3 is 15.2 Å². The van der Waals surface area contributed by atoms with Gasteiger partial charge in [-0.3, -0.25) is 9.59 Å². The van der Waals surface area contributed by atoms with Gasteiger partial charge in [0.15, 0.2) is 0 Å². The highest BCUT2D eigenvalue weighted by atomic mass is 32.2. The molecule has 162 valence electrons. The predicted molar refractivity (Wildman–Crippen MR) is 114 cm³/mol. The Hall–Kier alpha value is -2.17. The zero-order valence-electron chi connectivity index (χ0n) is 16.9. The van der Waals surface area contributed by atoms with E-state index in [1.807, 2.05) is 19.1 Å². The Bertz CT molecular complexity index is 1030. The van der Waals surface area contributed by atoms with E-state index in [2.05, 4.69) is 10.3 Å². The van der Waals surface area contributed by atoms with Crippen LogP contribution in [0.25, 0.3) is 0 Å². The van der Waals surface area contributed by atoms with Crippen LogP contribution in [0.1, 0.15) is 50.7 Å². The lowest BCUT2D eigenvalue weighted by Crippen LogP contribution is -2.46. The highest BCUT2D eigenvalue weighted by molar-refractivity contribution is 7.89. The van der Waals surface area contributed by atoms with E-state index >= 15 is 0 Å². The van der Waals surface area contributed by atoms with Crippen molar-refractivity contribution in [1.29, 1.82) is 0 Å². The maximum atomic E-state index is 13.0. The molecule has 2 amide bonds. The maximum absolute atomic E-state index is 13.0. The number of carbonyl (C=O) groups is 2. The number of H-pyrrole nitrogens is 1. The van der Waals surface area contributed by atoms with Crippen LogP contribution in [0.5, 0.6) is 0 Å². The first-order chi connectivity index (χ1) is 14.3. The maximum Gasteiger partial charge on any atom is 0.270 e. The molecule has 4 rings (SSSR count). The van der Waals surface area contributed by atoms with Crippen LogP contribution < -0.4 is 5.32 Å². The molecule has 2 aromatic heterocycles. The van der Waals surface area contributed by atoms with E-state index < -0.39 is 10.0 Å². The van der Waals surface area contributed by atoms with Crippen molar-refractivity contribution >= 4 is 33.2 Å². The fraction of sp³-hybridized carbons (Fsp3) is 0.500. The van der Waals surface area contributed by atoms with Crippen LogP contribution >= 0.6 is 11.3 Å². The molecule has 0 aliphatic carbocycles. The van der Waals surface area contributed by atoms with Crippen LogP contribution in [0.4, 0.5) is 0 Å². The summed E-state index contributed by atoms with van der Waals surface area (Å²) in [6.07, 6.45) is 4.47. The lowest BCUT2D eigenvalue weighted by atomic mass is 10.1. The van der Waals surface area contributed by atoms with E-state index in [4.69, 9.17) is 0 Å². The van der Waals surface area contributed by atoms with Gasteiger partial charge in [-0.25, -0.2) is 8.42 Å². The third-order valence-corrected chi connectivity index (χ3v) is 8.55. The molecule has 0 saturated carbocycles. The number of hydrogen-bond acceptors (Lipinski definition) is 5. The van der Waals surface area contributed by atoms with Crippen LogP contribution in [-0.4, -0.2) is 66.6 Å². The molecule has 0 atom stereocenters. The van der Waals surface area contributed by atoms with Crippen molar-refractivity contribution in [3.05, 3.63) is 39.8 Å². The Labute approximate surface area is 180 Å². The monoisotopic (exact) mass is 450 g/mol. The minimum absolute atomic E-state index is 0.0510. The minimum Gasteiger partial charge on any atom is -0.356 e. The zero-order valence-corrected chi connectivity index (χ0v) is 18.5. The van der Waals surface area contributed by atoms with Crippen molar-refractivity contribution in [3.8, 4) is 0 Å². The summed E-state index contributed by atoms with van der Waals surface area (Å²) in [6.45, 7) is 4.04. The molecular weight excluding hydrogens is 424 g/mol. The number of amides is 2. The summed E-state index contributed by atoms with van der Waals surface area (Å²) >= 11 is 1.45. The summed E-state index contributed by atoms with van der Waals surface area (Å²) in [5, 5.41) is 3.00. The van der Waals surface area contributed by atoms with E-state index in [1.54, 1.807) is 4.90 Å². The SMILES string of the molecule is Cc1ccc(C(=O)NC2CCN(S(=O)(=O)c3c[nH]c(C(=O)N4CCCC4)c3)CC2)s1. The molecule has 0 unspecified atom stereocenters. The Morgan fingerprint density at radius 2 is 1.83 bits per heavy atom. The van der Waals surface area contributed by atoms with Gasteiger partial charge >= 0.3 is 0 Å². The Kier molecular flexibility index (Phi) is 5.99. The van der Waals surface area contributed by atoms with Gasteiger partial charge in [0.05, 0.1) is 4.88 Å². The third kappa shape index (κ3) is 4.30. The molecule has 4 heterocycles. The molecule has 0 aromatic carbocycles. The van der Waals surface area contributed by atoms with E-state index in [0.29, 0.717) is 49.6 Å². The first-order valence-corrected chi connectivity index (χ1v) is 12.5.